The normalized spacial score (nSPS) is 14.9. The lowest BCUT2D eigenvalue weighted by atomic mass is 10.2. The molecular formula is C25H28N4O4S. The van der Waals surface area contributed by atoms with Crippen molar-refractivity contribution in [3.8, 4) is 17.2 Å². The standard InChI is InChI=1S/C25H28N4O4S/c1-25(2,3)33-23(30)20-21(27-24(28(4)5)29(20)16-11-7-6-8-12-16)26-22(34)19-15-31-17-13-9-10-14-18(17)32-19/h6-14,19H,15H2,1-5H3,(H,26,34). The predicted octanol–water partition coefficient (Wildman–Crippen LogP) is 4.47. The van der Waals surface area contributed by atoms with Gasteiger partial charge < -0.3 is 24.4 Å². The van der Waals surface area contributed by atoms with Gasteiger partial charge in [0.15, 0.2) is 29.1 Å². The van der Waals surface area contributed by atoms with Crippen LogP contribution < -0.4 is 19.7 Å². The number of anilines is 2. The molecule has 0 aliphatic carbocycles. The second-order valence-corrected chi connectivity index (χ2v) is 9.47. The Kier molecular flexibility index (Phi) is 6.47. The van der Waals surface area contributed by atoms with E-state index in [9.17, 15) is 4.79 Å². The number of ether oxygens (including phenoxy) is 3. The minimum atomic E-state index is -0.692. The van der Waals surface area contributed by atoms with Gasteiger partial charge in [0.2, 0.25) is 5.95 Å². The summed E-state index contributed by atoms with van der Waals surface area (Å²) < 4.78 is 19.3. The Bertz CT molecular complexity index is 1200. The summed E-state index contributed by atoms with van der Waals surface area (Å²) >= 11 is 5.64. The number of carbonyl (C=O) groups is 1. The Balaban J connectivity index is 1.73. The number of esters is 1. The molecule has 0 bridgehead atoms. The molecule has 9 heteroatoms. The predicted molar refractivity (Wildman–Crippen MR) is 136 cm³/mol. The molecular weight excluding hydrogens is 452 g/mol. The molecule has 34 heavy (non-hydrogen) atoms. The van der Waals surface area contributed by atoms with Crippen molar-refractivity contribution in [3.05, 3.63) is 60.3 Å². The number of thiocarbonyl (C=S) groups is 1. The Morgan fingerprint density at radius 2 is 1.76 bits per heavy atom. The maximum atomic E-state index is 13.4. The van der Waals surface area contributed by atoms with Crippen LogP contribution in [0.5, 0.6) is 11.5 Å². The maximum absolute atomic E-state index is 13.4. The van der Waals surface area contributed by atoms with Gasteiger partial charge in [-0.05, 0) is 45.0 Å². The van der Waals surface area contributed by atoms with Gasteiger partial charge in [-0.25, -0.2) is 4.79 Å². The van der Waals surface area contributed by atoms with Crippen molar-refractivity contribution >= 4 is 34.9 Å². The molecule has 1 N–H and O–H groups in total. The molecule has 1 unspecified atom stereocenters. The molecule has 1 aliphatic rings. The van der Waals surface area contributed by atoms with E-state index < -0.39 is 17.7 Å². The zero-order valence-electron chi connectivity index (χ0n) is 19.9. The van der Waals surface area contributed by atoms with E-state index in [2.05, 4.69) is 5.32 Å². The summed E-state index contributed by atoms with van der Waals surface area (Å²) in [6, 6.07) is 16.9. The first-order valence-electron chi connectivity index (χ1n) is 10.9. The molecule has 0 saturated carbocycles. The third-order valence-electron chi connectivity index (χ3n) is 4.91. The van der Waals surface area contributed by atoms with Gasteiger partial charge in [-0.1, -0.05) is 42.5 Å². The van der Waals surface area contributed by atoms with E-state index in [1.807, 2.05) is 94.4 Å². The highest BCUT2D eigenvalue weighted by Crippen LogP contribution is 2.33. The van der Waals surface area contributed by atoms with E-state index in [0.29, 0.717) is 22.4 Å². The van der Waals surface area contributed by atoms with Crippen LogP contribution in [0, 0.1) is 0 Å². The molecule has 1 aromatic heterocycles. The highest BCUT2D eigenvalue weighted by molar-refractivity contribution is 7.80. The van der Waals surface area contributed by atoms with Crippen LogP contribution in [-0.2, 0) is 4.74 Å². The number of imidazole rings is 1. The Hall–Kier alpha value is -3.59. The topological polar surface area (TPSA) is 77.8 Å². The van der Waals surface area contributed by atoms with Crippen LogP contribution in [0.3, 0.4) is 0 Å². The second-order valence-electron chi connectivity index (χ2n) is 9.03. The van der Waals surface area contributed by atoms with E-state index in [1.54, 1.807) is 4.57 Å². The minimum absolute atomic E-state index is 0.240. The van der Waals surface area contributed by atoms with E-state index >= 15 is 0 Å². The lowest BCUT2D eigenvalue weighted by molar-refractivity contribution is 0.00619. The van der Waals surface area contributed by atoms with Crippen molar-refractivity contribution in [2.24, 2.45) is 0 Å². The lowest BCUT2D eigenvalue weighted by Crippen LogP contribution is -2.39. The quantitative estimate of drug-likeness (QED) is 0.423. The molecule has 0 spiro atoms. The number of para-hydroxylation sites is 3. The van der Waals surface area contributed by atoms with Gasteiger partial charge >= 0.3 is 5.97 Å². The monoisotopic (exact) mass is 480 g/mol. The minimum Gasteiger partial charge on any atom is -0.485 e. The molecule has 1 aliphatic heterocycles. The molecule has 0 saturated heterocycles. The molecule has 1 atom stereocenters. The summed E-state index contributed by atoms with van der Waals surface area (Å²) in [5.74, 6) is 1.59. The third-order valence-corrected chi connectivity index (χ3v) is 5.27. The lowest BCUT2D eigenvalue weighted by Gasteiger charge is -2.27. The molecule has 2 heterocycles. The van der Waals surface area contributed by atoms with E-state index in [0.717, 1.165) is 5.69 Å². The summed E-state index contributed by atoms with van der Waals surface area (Å²) in [4.78, 5) is 20.3. The fraction of sp³-hybridized carbons (Fsp3) is 0.320. The number of aromatic nitrogens is 2. The summed E-state index contributed by atoms with van der Waals surface area (Å²) in [5.41, 5.74) is 0.317. The molecule has 2 aromatic carbocycles. The Morgan fingerprint density at radius 1 is 1.12 bits per heavy atom. The number of hydrogen-bond donors (Lipinski definition) is 1. The number of carbonyl (C=O) groups excluding carboxylic acids is 1. The average Bonchev–Trinajstić information content (AvgIpc) is 3.18. The Morgan fingerprint density at radius 3 is 2.41 bits per heavy atom. The van der Waals surface area contributed by atoms with Crippen LogP contribution in [0.15, 0.2) is 54.6 Å². The summed E-state index contributed by atoms with van der Waals surface area (Å²) in [6.07, 6.45) is -0.541. The van der Waals surface area contributed by atoms with Crippen LogP contribution in [0.25, 0.3) is 5.69 Å². The zero-order valence-corrected chi connectivity index (χ0v) is 20.7. The number of nitrogens with zero attached hydrogens (tertiary/aromatic N) is 3. The van der Waals surface area contributed by atoms with Crippen LogP contribution in [0.4, 0.5) is 11.8 Å². The zero-order chi connectivity index (χ0) is 24.5. The highest BCUT2D eigenvalue weighted by Gasteiger charge is 2.32. The first-order valence-corrected chi connectivity index (χ1v) is 11.3. The number of benzene rings is 2. The summed E-state index contributed by atoms with van der Waals surface area (Å²) in [7, 11) is 3.72. The van der Waals surface area contributed by atoms with Crippen LogP contribution in [0.2, 0.25) is 0 Å². The fourth-order valence-corrected chi connectivity index (χ4v) is 3.69. The van der Waals surface area contributed by atoms with Crippen molar-refractivity contribution in [2.75, 3.05) is 30.9 Å². The van der Waals surface area contributed by atoms with Gasteiger partial charge in [0.25, 0.3) is 0 Å². The van der Waals surface area contributed by atoms with Gasteiger partial charge in [-0.15, -0.1) is 0 Å². The first-order chi connectivity index (χ1) is 16.1. The largest absolute Gasteiger partial charge is 0.485 e. The average molecular weight is 481 g/mol. The van der Waals surface area contributed by atoms with Crippen LogP contribution >= 0.6 is 12.2 Å². The maximum Gasteiger partial charge on any atom is 0.359 e. The molecule has 0 amide bonds. The summed E-state index contributed by atoms with van der Waals surface area (Å²) in [6.45, 7) is 5.71. The molecule has 178 valence electrons. The van der Waals surface area contributed by atoms with Crippen LogP contribution in [0.1, 0.15) is 31.3 Å². The second kappa shape index (κ2) is 9.34. The smallest absolute Gasteiger partial charge is 0.359 e. The molecule has 8 nitrogen and oxygen atoms in total. The van der Waals surface area contributed by atoms with E-state index in [1.165, 1.54) is 0 Å². The number of rotatable bonds is 5. The van der Waals surface area contributed by atoms with Crippen molar-refractivity contribution in [1.29, 1.82) is 0 Å². The van der Waals surface area contributed by atoms with Crippen molar-refractivity contribution in [1.82, 2.24) is 9.55 Å². The molecule has 0 fully saturated rings. The van der Waals surface area contributed by atoms with Gasteiger partial charge in [0, 0.05) is 19.8 Å². The third kappa shape index (κ3) is 4.99. The van der Waals surface area contributed by atoms with E-state index in [-0.39, 0.29) is 18.1 Å². The Labute approximate surface area is 204 Å². The number of nitrogens with one attached hydrogen (secondary N) is 1. The fourth-order valence-electron chi connectivity index (χ4n) is 3.48. The van der Waals surface area contributed by atoms with Gasteiger partial charge in [0.05, 0.1) is 0 Å². The van der Waals surface area contributed by atoms with Gasteiger partial charge in [-0.3, -0.25) is 4.57 Å². The highest BCUT2D eigenvalue weighted by atomic mass is 32.1. The van der Waals surface area contributed by atoms with Gasteiger partial charge in [0.1, 0.15) is 17.2 Å². The number of hydrogen-bond acceptors (Lipinski definition) is 7. The molecule has 0 radical (unpaired) electrons. The van der Waals surface area contributed by atoms with Crippen molar-refractivity contribution < 1.29 is 19.0 Å². The number of fused-ring (bicyclic) bond motifs is 1. The van der Waals surface area contributed by atoms with Gasteiger partial charge in [-0.2, -0.15) is 4.98 Å². The van der Waals surface area contributed by atoms with E-state index in [4.69, 9.17) is 31.4 Å². The molecule has 4 rings (SSSR count). The first kappa shape index (κ1) is 23.6. The van der Waals surface area contributed by atoms with Crippen molar-refractivity contribution in [3.63, 3.8) is 0 Å². The summed E-state index contributed by atoms with van der Waals surface area (Å²) in [5, 5.41) is 3.13. The van der Waals surface area contributed by atoms with Crippen LogP contribution in [-0.4, -0.2) is 52.9 Å². The van der Waals surface area contributed by atoms with Crippen molar-refractivity contribution in [2.45, 2.75) is 32.5 Å². The SMILES string of the molecule is CN(C)c1nc(NC(=S)C2COc3ccccc3O2)c(C(=O)OC(C)(C)C)n1-c1ccccc1. The molecule has 3 aromatic rings.